The Morgan fingerprint density at radius 3 is 2.43 bits per heavy atom. The Balaban J connectivity index is 2.05. The molecule has 4 unspecified atom stereocenters. The summed E-state index contributed by atoms with van der Waals surface area (Å²) in [4.78, 5) is 45.5. The third kappa shape index (κ3) is 4.28. The number of imidazole rings is 1. The van der Waals surface area contributed by atoms with Crippen LogP contribution in [0.5, 0.6) is 0 Å². The van der Waals surface area contributed by atoms with E-state index in [4.69, 9.17) is 24.2 Å². The van der Waals surface area contributed by atoms with Crippen LogP contribution in [0.1, 0.15) is 27.0 Å². The second-order valence-corrected chi connectivity index (χ2v) is 6.29. The Labute approximate surface area is 168 Å². The summed E-state index contributed by atoms with van der Waals surface area (Å²) < 4.78 is 36.4. The number of carbonyl (C=O) groups is 3. The summed E-state index contributed by atoms with van der Waals surface area (Å²) in [5, 5.41) is 9.15. The molecule has 162 valence electrons. The summed E-state index contributed by atoms with van der Waals surface area (Å²) in [6.07, 6.45) is -4.50. The minimum atomic E-state index is -1.20. The number of hydrogen-bond acceptors (Lipinski definition) is 12. The Morgan fingerprint density at radius 1 is 1.17 bits per heavy atom. The molecule has 0 saturated carbocycles. The normalized spacial score (nSPS) is 23.2. The Bertz CT molecular complexity index is 982. The van der Waals surface area contributed by atoms with Crippen molar-refractivity contribution in [1.82, 2.24) is 19.5 Å². The molecule has 2 aromatic heterocycles. The van der Waals surface area contributed by atoms with E-state index in [2.05, 4.69) is 15.0 Å². The van der Waals surface area contributed by atoms with E-state index in [0.29, 0.717) is 0 Å². The van der Waals surface area contributed by atoms with Gasteiger partial charge in [0.1, 0.15) is 12.7 Å². The molecule has 30 heavy (non-hydrogen) atoms. The van der Waals surface area contributed by atoms with E-state index in [0.717, 1.165) is 13.8 Å². The van der Waals surface area contributed by atoms with Crippen molar-refractivity contribution in [2.45, 2.75) is 45.3 Å². The van der Waals surface area contributed by atoms with E-state index in [1.165, 1.54) is 17.8 Å². The molecule has 0 spiro atoms. The first-order chi connectivity index (χ1) is 14.2. The number of hydrogen-bond donors (Lipinski definition) is 2. The van der Waals surface area contributed by atoms with Gasteiger partial charge in [0, 0.05) is 20.8 Å². The highest BCUT2D eigenvalue weighted by atomic mass is 19.1. The van der Waals surface area contributed by atoms with Crippen molar-refractivity contribution in [3.8, 4) is 0 Å². The van der Waals surface area contributed by atoms with Gasteiger partial charge in [-0.25, -0.2) is 4.98 Å². The fourth-order valence-electron chi connectivity index (χ4n) is 3.07. The molecule has 14 heteroatoms. The van der Waals surface area contributed by atoms with Gasteiger partial charge in [0.2, 0.25) is 0 Å². The molecule has 13 nitrogen and oxygen atoms in total. The molecule has 1 saturated heterocycles. The third-order valence-electron chi connectivity index (χ3n) is 4.11. The molecule has 2 aromatic rings. The largest absolute Gasteiger partial charge is 0.463 e. The van der Waals surface area contributed by atoms with E-state index in [1.54, 1.807) is 5.48 Å². The third-order valence-corrected chi connectivity index (χ3v) is 4.11. The standard InChI is InChI=1S/C16H18FN5O8/c1-6(23)27-4-9-11(28-7(2)24)12(29-8(3)25)15(30-9)22-5-18-10-13(21-26)19-16(17)20-14(10)22/h5,9,11-12,15,26H,4H2,1-3H3,(H,19,20,21). The Morgan fingerprint density at radius 2 is 1.83 bits per heavy atom. The molecule has 2 N–H and O–H groups in total. The predicted octanol–water partition coefficient (Wildman–Crippen LogP) is 0.0904. The number of rotatable bonds is 6. The lowest BCUT2D eigenvalue weighted by atomic mass is 10.1. The summed E-state index contributed by atoms with van der Waals surface area (Å²) in [5.41, 5.74) is 1.61. The number of aromatic nitrogens is 4. The summed E-state index contributed by atoms with van der Waals surface area (Å²) in [7, 11) is 0. The van der Waals surface area contributed by atoms with Crippen molar-refractivity contribution >= 4 is 34.9 Å². The minimum absolute atomic E-state index is 0.00320. The molecular formula is C16H18FN5O8. The number of nitrogens with zero attached hydrogens (tertiary/aromatic N) is 4. The summed E-state index contributed by atoms with van der Waals surface area (Å²) in [6, 6.07) is 0. The van der Waals surface area contributed by atoms with Gasteiger partial charge in [0.15, 0.2) is 35.4 Å². The van der Waals surface area contributed by atoms with Crippen LogP contribution in [-0.2, 0) is 33.3 Å². The van der Waals surface area contributed by atoms with Crippen LogP contribution in [0.3, 0.4) is 0 Å². The van der Waals surface area contributed by atoms with Gasteiger partial charge in [-0.1, -0.05) is 0 Å². The smallest absolute Gasteiger partial charge is 0.312 e. The average Bonchev–Trinajstić information content (AvgIpc) is 3.20. The molecule has 0 bridgehead atoms. The van der Waals surface area contributed by atoms with Crippen molar-refractivity contribution in [2.75, 3.05) is 12.1 Å². The van der Waals surface area contributed by atoms with Crippen LogP contribution in [-0.4, -0.2) is 67.6 Å². The fraction of sp³-hybridized carbons (Fsp3) is 0.500. The number of fused-ring (bicyclic) bond motifs is 1. The zero-order valence-electron chi connectivity index (χ0n) is 16.1. The van der Waals surface area contributed by atoms with E-state index in [-0.39, 0.29) is 23.6 Å². The lowest BCUT2D eigenvalue weighted by Gasteiger charge is -2.23. The van der Waals surface area contributed by atoms with E-state index < -0.39 is 48.5 Å². The second kappa shape index (κ2) is 8.54. The number of carbonyl (C=O) groups excluding carboxylic acids is 3. The molecule has 1 aliphatic rings. The lowest BCUT2D eigenvalue weighted by Crippen LogP contribution is -2.40. The molecule has 0 amide bonds. The molecule has 0 radical (unpaired) electrons. The van der Waals surface area contributed by atoms with Gasteiger partial charge in [0.25, 0.3) is 0 Å². The lowest BCUT2D eigenvalue weighted by molar-refractivity contribution is -0.166. The van der Waals surface area contributed by atoms with Crippen LogP contribution >= 0.6 is 0 Å². The highest BCUT2D eigenvalue weighted by Gasteiger charge is 2.51. The van der Waals surface area contributed by atoms with Crippen molar-refractivity contribution in [1.29, 1.82) is 0 Å². The van der Waals surface area contributed by atoms with Crippen molar-refractivity contribution in [3.05, 3.63) is 12.4 Å². The van der Waals surface area contributed by atoms with Crippen LogP contribution in [0.15, 0.2) is 6.33 Å². The number of anilines is 1. The maximum atomic E-state index is 13.8. The highest BCUT2D eigenvalue weighted by Crippen LogP contribution is 2.36. The van der Waals surface area contributed by atoms with Crippen molar-refractivity contribution in [2.24, 2.45) is 0 Å². The topological polar surface area (TPSA) is 164 Å². The fourth-order valence-corrected chi connectivity index (χ4v) is 3.07. The first kappa shape index (κ1) is 21.3. The molecule has 0 aliphatic carbocycles. The van der Waals surface area contributed by atoms with Gasteiger partial charge in [-0.2, -0.15) is 14.4 Å². The minimum Gasteiger partial charge on any atom is -0.463 e. The zero-order chi connectivity index (χ0) is 22.0. The molecule has 3 rings (SSSR count). The van der Waals surface area contributed by atoms with E-state index >= 15 is 0 Å². The van der Waals surface area contributed by atoms with Gasteiger partial charge < -0.3 is 18.9 Å². The first-order valence-corrected chi connectivity index (χ1v) is 8.64. The number of ether oxygens (including phenoxy) is 4. The van der Waals surface area contributed by atoms with E-state index in [9.17, 15) is 18.8 Å². The van der Waals surface area contributed by atoms with Crippen molar-refractivity contribution < 1.29 is 42.9 Å². The Hall–Kier alpha value is -3.39. The SMILES string of the molecule is CC(=O)OCC1OC(n2cnc3c(NO)nc(F)nc32)C(OC(C)=O)C1OC(C)=O. The van der Waals surface area contributed by atoms with Gasteiger partial charge >= 0.3 is 24.0 Å². The average molecular weight is 427 g/mol. The highest BCUT2D eigenvalue weighted by molar-refractivity contribution is 5.82. The Kier molecular flexibility index (Phi) is 6.07. The summed E-state index contributed by atoms with van der Waals surface area (Å²) in [5.74, 6) is -2.30. The van der Waals surface area contributed by atoms with Crippen LogP contribution in [0.25, 0.3) is 11.2 Å². The maximum Gasteiger partial charge on any atom is 0.312 e. The second-order valence-electron chi connectivity index (χ2n) is 6.29. The maximum absolute atomic E-state index is 13.8. The van der Waals surface area contributed by atoms with Gasteiger partial charge in [-0.15, -0.1) is 0 Å². The summed E-state index contributed by atoms with van der Waals surface area (Å²) >= 11 is 0. The molecular weight excluding hydrogens is 409 g/mol. The molecule has 1 fully saturated rings. The van der Waals surface area contributed by atoms with Gasteiger partial charge in [-0.05, 0) is 0 Å². The molecule has 0 aromatic carbocycles. The number of nitrogens with one attached hydrogen (secondary N) is 1. The van der Waals surface area contributed by atoms with Crippen LogP contribution in [0.2, 0.25) is 0 Å². The van der Waals surface area contributed by atoms with Gasteiger partial charge in [0.05, 0.1) is 6.33 Å². The number of esters is 3. The predicted molar refractivity (Wildman–Crippen MR) is 92.3 cm³/mol. The molecule has 3 heterocycles. The monoisotopic (exact) mass is 427 g/mol. The molecule has 4 atom stereocenters. The summed E-state index contributed by atoms with van der Waals surface area (Å²) in [6.45, 7) is 3.17. The first-order valence-electron chi connectivity index (χ1n) is 8.64. The quantitative estimate of drug-likeness (QED) is 0.277. The molecule has 1 aliphatic heterocycles. The van der Waals surface area contributed by atoms with Crippen LogP contribution in [0, 0.1) is 6.08 Å². The van der Waals surface area contributed by atoms with Crippen LogP contribution < -0.4 is 5.48 Å². The van der Waals surface area contributed by atoms with Crippen molar-refractivity contribution in [3.63, 3.8) is 0 Å². The van der Waals surface area contributed by atoms with E-state index in [1.807, 2.05) is 0 Å². The zero-order valence-corrected chi connectivity index (χ0v) is 16.1. The van der Waals surface area contributed by atoms with Gasteiger partial charge in [-0.3, -0.25) is 29.6 Å². The van der Waals surface area contributed by atoms with Crippen LogP contribution in [0.4, 0.5) is 10.2 Å². The number of halogens is 1.